The van der Waals surface area contributed by atoms with Crippen LogP contribution in [0.4, 0.5) is 0 Å². The topological polar surface area (TPSA) is 59.0 Å². The number of benzene rings is 1. The van der Waals surface area contributed by atoms with E-state index in [1.54, 1.807) is 13.3 Å². The van der Waals surface area contributed by atoms with Gasteiger partial charge in [0.05, 0.1) is 29.6 Å². The van der Waals surface area contributed by atoms with Crippen LogP contribution in [0.15, 0.2) is 39.9 Å². The fourth-order valence-electron chi connectivity index (χ4n) is 4.94. The number of rotatable bonds is 3. The smallest absolute Gasteiger partial charge is 0.254 e. The number of ether oxygens (including phenoxy) is 1. The number of hydrogen-bond donors (Lipinski definition) is 0. The van der Waals surface area contributed by atoms with Crippen LogP contribution in [-0.2, 0) is 9.59 Å². The van der Waals surface area contributed by atoms with E-state index in [1.165, 1.54) is 6.42 Å². The van der Waals surface area contributed by atoms with Gasteiger partial charge in [0, 0.05) is 0 Å². The van der Waals surface area contributed by atoms with Crippen molar-refractivity contribution in [2.45, 2.75) is 6.42 Å². The predicted molar refractivity (Wildman–Crippen MR) is 94.8 cm³/mol. The van der Waals surface area contributed by atoms with Crippen molar-refractivity contribution >= 4 is 34.0 Å². The van der Waals surface area contributed by atoms with E-state index in [1.807, 2.05) is 18.2 Å². The molecule has 128 valence electrons. The number of carbonyl (C=O) groups is 2. The molecule has 1 aromatic rings. The summed E-state index contributed by atoms with van der Waals surface area (Å²) in [5.41, 5.74) is 0.798. The summed E-state index contributed by atoms with van der Waals surface area (Å²) in [7, 11) is 1.60. The molecule has 6 heteroatoms. The monoisotopic (exact) mass is 400 g/mol. The molecule has 2 amide bonds. The van der Waals surface area contributed by atoms with E-state index in [4.69, 9.17) is 4.74 Å². The van der Waals surface area contributed by atoms with Crippen molar-refractivity contribution in [2.75, 3.05) is 7.11 Å². The minimum Gasteiger partial charge on any atom is -0.496 e. The second-order valence-electron chi connectivity index (χ2n) is 7.28. The number of hydrogen-bond acceptors (Lipinski definition) is 4. The molecule has 2 bridgehead atoms. The Hall–Kier alpha value is -1.95. The minimum atomic E-state index is -0.203. The van der Waals surface area contributed by atoms with Crippen LogP contribution < -0.4 is 4.74 Å². The standard InChI is InChI=1S/C19H17BrN2O3/c1-25-15-5-2-9(6-14(15)20)8-21-22-18(23)16-10-3-4-11(13-7-12(10)13)17(16)19(22)24/h2-6,8,10-13,16-17H,7H2,1H3/b21-8-/t10-,11-,12-,13+,16-,17+/m0/s1. The number of halogens is 1. The summed E-state index contributed by atoms with van der Waals surface area (Å²) in [6.07, 6.45) is 7.06. The number of amides is 2. The third-order valence-corrected chi connectivity index (χ3v) is 6.76. The average Bonchev–Trinajstić information content (AvgIpc) is 3.39. The van der Waals surface area contributed by atoms with Gasteiger partial charge in [0.25, 0.3) is 11.8 Å². The highest BCUT2D eigenvalue weighted by Crippen LogP contribution is 2.65. The van der Waals surface area contributed by atoms with Crippen LogP contribution in [0.25, 0.3) is 0 Å². The molecule has 5 aliphatic rings. The molecule has 3 fully saturated rings. The molecule has 6 rings (SSSR count). The molecule has 1 saturated heterocycles. The molecular weight excluding hydrogens is 384 g/mol. The molecule has 0 radical (unpaired) electrons. The van der Waals surface area contributed by atoms with Crippen LogP contribution in [0.2, 0.25) is 0 Å². The fraction of sp³-hybridized carbons (Fsp3) is 0.421. The summed E-state index contributed by atoms with van der Waals surface area (Å²) in [5, 5.41) is 5.34. The SMILES string of the molecule is COc1ccc(/C=N\N2C(=O)[C@@H]3[C@H]4C=C[C@@H]([C@@H]5C[C@H]45)[C@@H]3C2=O)cc1Br. The third kappa shape index (κ3) is 2.09. The van der Waals surface area contributed by atoms with E-state index in [2.05, 4.69) is 33.2 Å². The number of carbonyl (C=O) groups excluding carboxylic acids is 2. The lowest BCUT2D eigenvalue weighted by atomic mass is 9.63. The maximum Gasteiger partial charge on any atom is 0.254 e. The molecule has 1 heterocycles. The summed E-state index contributed by atoms with van der Waals surface area (Å²) in [6.45, 7) is 0. The molecule has 0 spiro atoms. The van der Waals surface area contributed by atoms with Crippen molar-refractivity contribution < 1.29 is 14.3 Å². The lowest BCUT2D eigenvalue weighted by Crippen LogP contribution is -2.40. The number of methoxy groups -OCH3 is 1. The summed E-state index contributed by atoms with van der Waals surface area (Å²) in [5.74, 6) is 1.71. The zero-order valence-electron chi connectivity index (χ0n) is 13.6. The van der Waals surface area contributed by atoms with Crippen LogP contribution in [0.3, 0.4) is 0 Å². The average molecular weight is 401 g/mol. The molecule has 1 aromatic carbocycles. The second-order valence-corrected chi connectivity index (χ2v) is 8.14. The Bertz CT molecular complexity index is 813. The molecule has 1 aliphatic heterocycles. The molecule has 4 aliphatic carbocycles. The van der Waals surface area contributed by atoms with Gasteiger partial charge < -0.3 is 4.74 Å². The Balaban J connectivity index is 1.41. The van der Waals surface area contributed by atoms with Gasteiger partial charge in [-0.15, -0.1) is 0 Å². The Morgan fingerprint density at radius 1 is 1.16 bits per heavy atom. The number of imide groups is 1. The van der Waals surface area contributed by atoms with Crippen molar-refractivity contribution in [3.63, 3.8) is 0 Å². The lowest BCUT2D eigenvalue weighted by molar-refractivity contribution is -0.140. The van der Waals surface area contributed by atoms with E-state index < -0.39 is 0 Å². The van der Waals surface area contributed by atoms with E-state index >= 15 is 0 Å². The van der Waals surface area contributed by atoms with E-state index in [0.29, 0.717) is 11.8 Å². The molecule has 0 N–H and O–H groups in total. The molecule has 2 saturated carbocycles. The maximum absolute atomic E-state index is 12.8. The largest absolute Gasteiger partial charge is 0.496 e. The third-order valence-electron chi connectivity index (χ3n) is 6.14. The summed E-state index contributed by atoms with van der Waals surface area (Å²) in [4.78, 5) is 25.6. The van der Waals surface area contributed by atoms with Crippen molar-refractivity contribution in [3.05, 3.63) is 40.4 Å². The minimum absolute atomic E-state index is 0.136. The first-order valence-electron chi connectivity index (χ1n) is 8.54. The van der Waals surface area contributed by atoms with Gasteiger partial charge in [-0.2, -0.15) is 10.1 Å². The highest BCUT2D eigenvalue weighted by molar-refractivity contribution is 9.10. The first-order chi connectivity index (χ1) is 12.1. The molecule has 6 atom stereocenters. The van der Waals surface area contributed by atoms with Gasteiger partial charge in [0.2, 0.25) is 0 Å². The van der Waals surface area contributed by atoms with Gasteiger partial charge in [-0.25, -0.2) is 0 Å². The highest BCUT2D eigenvalue weighted by atomic mass is 79.9. The Kier molecular flexibility index (Phi) is 3.23. The molecule has 5 nitrogen and oxygen atoms in total. The first kappa shape index (κ1) is 15.3. The Morgan fingerprint density at radius 3 is 2.36 bits per heavy atom. The predicted octanol–water partition coefficient (Wildman–Crippen LogP) is 2.84. The second kappa shape index (κ2) is 5.27. The van der Waals surface area contributed by atoms with Gasteiger partial charge in [0.15, 0.2) is 0 Å². The molecule has 0 aromatic heterocycles. The lowest BCUT2D eigenvalue weighted by Gasteiger charge is -2.37. The van der Waals surface area contributed by atoms with Crippen LogP contribution in [0, 0.1) is 35.5 Å². The first-order valence-corrected chi connectivity index (χ1v) is 9.33. The summed E-state index contributed by atoms with van der Waals surface area (Å²) < 4.78 is 6.00. The van der Waals surface area contributed by atoms with Gasteiger partial charge in [-0.05, 0) is 69.8 Å². The van der Waals surface area contributed by atoms with Crippen molar-refractivity contribution in [1.82, 2.24) is 5.01 Å². The summed E-state index contributed by atoms with van der Waals surface area (Å²) in [6, 6.07) is 5.50. The fourth-order valence-corrected chi connectivity index (χ4v) is 5.50. The van der Waals surface area contributed by atoms with Crippen molar-refractivity contribution in [1.29, 1.82) is 0 Å². The van der Waals surface area contributed by atoms with Crippen LogP contribution in [-0.4, -0.2) is 30.1 Å². The van der Waals surface area contributed by atoms with E-state index in [9.17, 15) is 9.59 Å². The summed E-state index contributed by atoms with van der Waals surface area (Å²) >= 11 is 3.43. The Morgan fingerprint density at radius 2 is 1.80 bits per heavy atom. The van der Waals surface area contributed by atoms with Gasteiger partial charge in [-0.3, -0.25) is 9.59 Å². The highest BCUT2D eigenvalue weighted by Gasteiger charge is 2.67. The normalized spacial score (nSPS) is 37.6. The Labute approximate surface area is 153 Å². The molecular formula is C19H17BrN2O3. The van der Waals surface area contributed by atoms with Crippen molar-refractivity contribution in [3.8, 4) is 5.75 Å². The van der Waals surface area contributed by atoms with Gasteiger partial charge in [-0.1, -0.05) is 12.2 Å². The van der Waals surface area contributed by atoms with E-state index in [-0.39, 0.29) is 35.5 Å². The van der Waals surface area contributed by atoms with Crippen molar-refractivity contribution in [2.24, 2.45) is 40.6 Å². The number of hydrazone groups is 1. The quantitative estimate of drug-likeness (QED) is 0.445. The maximum atomic E-state index is 12.8. The molecule has 0 unspecified atom stereocenters. The molecule has 25 heavy (non-hydrogen) atoms. The van der Waals surface area contributed by atoms with E-state index in [0.717, 1.165) is 20.8 Å². The zero-order chi connectivity index (χ0) is 17.3. The number of nitrogens with zero attached hydrogens (tertiary/aromatic N) is 2. The van der Waals surface area contributed by atoms with Crippen LogP contribution in [0.1, 0.15) is 12.0 Å². The van der Waals surface area contributed by atoms with Gasteiger partial charge in [0.1, 0.15) is 5.75 Å². The van der Waals surface area contributed by atoms with Gasteiger partial charge >= 0.3 is 0 Å². The zero-order valence-corrected chi connectivity index (χ0v) is 15.2. The number of allylic oxidation sites excluding steroid dienone is 2. The van der Waals surface area contributed by atoms with Crippen LogP contribution in [0.5, 0.6) is 5.75 Å². The van der Waals surface area contributed by atoms with Crippen LogP contribution >= 0.6 is 15.9 Å².